The molecule has 6 heterocycles. The minimum absolute atomic E-state index is 0.0809. The number of pyridine rings is 3. The van der Waals surface area contributed by atoms with Gasteiger partial charge in [0.15, 0.2) is 11.5 Å². The molecular weight excluding hydrogens is 467 g/mol. The van der Waals surface area contributed by atoms with Crippen molar-refractivity contribution in [3.63, 3.8) is 0 Å². The number of methoxy groups -OCH3 is 1. The van der Waals surface area contributed by atoms with E-state index < -0.39 is 17.5 Å². The molecule has 0 amide bonds. The number of aromatic nitrogens is 3. The van der Waals surface area contributed by atoms with E-state index >= 15 is 0 Å². The van der Waals surface area contributed by atoms with Crippen LogP contribution in [0.4, 0.5) is 10.2 Å². The second kappa shape index (κ2) is 8.70. The molecule has 1 unspecified atom stereocenters. The lowest BCUT2D eigenvalue weighted by Crippen LogP contribution is -2.65. The molecule has 0 radical (unpaired) electrons. The molecule has 3 fully saturated rings. The molecule has 10 heteroatoms. The number of likely N-dealkylation sites (N-methyl/N-ethyl adjacent to an activating group) is 1. The summed E-state index contributed by atoms with van der Waals surface area (Å²) >= 11 is 0. The molecule has 2 saturated heterocycles. The van der Waals surface area contributed by atoms with E-state index in [1.54, 1.807) is 18.3 Å². The molecule has 3 aliphatic heterocycles. The van der Waals surface area contributed by atoms with E-state index in [0.29, 0.717) is 66.6 Å². The first-order valence-electron chi connectivity index (χ1n) is 12.2. The summed E-state index contributed by atoms with van der Waals surface area (Å²) in [6.07, 6.45) is 5.03. The van der Waals surface area contributed by atoms with E-state index in [1.165, 1.54) is 13.3 Å². The molecule has 1 N–H and O–H groups in total. The highest BCUT2D eigenvalue weighted by Gasteiger charge is 2.55. The summed E-state index contributed by atoms with van der Waals surface area (Å²) in [5.74, 6) is 2.02. The molecule has 4 aliphatic rings. The molecular formula is C26H29FN4O5. The highest BCUT2D eigenvalue weighted by molar-refractivity contribution is 5.78. The Hall–Kier alpha value is -3.24. The second-order valence-corrected chi connectivity index (χ2v) is 9.85. The SMILES string of the molecule is COc1ccc2ncc(F)c(CC(O)C34CCC(N(C)c5cc6c(cn5)OCCO6)(CC3)CO4)c2n1. The van der Waals surface area contributed by atoms with Gasteiger partial charge in [-0.05, 0) is 31.7 Å². The number of rotatable bonds is 6. The zero-order valence-corrected chi connectivity index (χ0v) is 20.4. The van der Waals surface area contributed by atoms with Crippen LogP contribution < -0.4 is 19.1 Å². The van der Waals surface area contributed by atoms with Gasteiger partial charge in [0.2, 0.25) is 5.88 Å². The van der Waals surface area contributed by atoms with Crippen molar-refractivity contribution < 1.29 is 28.4 Å². The number of nitrogens with zero attached hydrogens (tertiary/aromatic N) is 4. The summed E-state index contributed by atoms with van der Waals surface area (Å²) < 4.78 is 37.8. The summed E-state index contributed by atoms with van der Waals surface area (Å²) in [6, 6.07) is 5.33. The number of halogens is 1. The van der Waals surface area contributed by atoms with E-state index in [2.05, 4.69) is 19.9 Å². The quantitative estimate of drug-likeness (QED) is 0.552. The van der Waals surface area contributed by atoms with Crippen molar-refractivity contribution in [2.45, 2.75) is 49.3 Å². The number of aliphatic hydroxyl groups excluding tert-OH is 1. The van der Waals surface area contributed by atoms with Crippen LogP contribution in [0.3, 0.4) is 0 Å². The normalized spacial score (nSPS) is 25.6. The fourth-order valence-electron chi connectivity index (χ4n) is 5.70. The topological polar surface area (TPSA) is 99.1 Å². The summed E-state index contributed by atoms with van der Waals surface area (Å²) in [7, 11) is 3.53. The average molecular weight is 497 g/mol. The van der Waals surface area contributed by atoms with Crippen LogP contribution in [-0.4, -0.2) is 71.3 Å². The van der Waals surface area contributed by atoms with Gasteiger partial charge in [0.1, 0.15) is 24.8 Å². The number of aliphatic hydroxyl groups is 1. The van der Waals surface area contributed by atoms with Gasteiger partial charge in [-0.3, -0.25) is 4.98 Å². The van der Waals surface area contributed by atoms with Crippen molar-refractivity contribution in [2.75, 3.05) is 38.9 Å². The second-order valence-electron chi connectivity index (χ2n) is 9.85. The van der Waals surface area contributed by atoms with E-state index in [1.807, 2.05) is 13.1 Å². The Morgan fingerprint density at radius 2 is 1.89 bits per heavy atom. The standard InChI is InChI=1S/C26H29FN4O5/c1-31(22-12-19-20(14-29-22)35-10-9-34-19)25-5-7-26(8-6-25,36-15-25)21(32)11-16-17(27)13-28-18-3-4-23(33-2)30-24(16)18/h3-4,12-14,21,32H,5-11,15H2,1-2H3. The molecule has 190 valence electrons. The van der Waals surface area contributed by atoms with Crippen molar-refractivity contribution in [1.82, 2.24) is 15.0 Å². The summed E-state index contributed by atoms with van der Waals surface area (Å²) in [6.45, 7) is 1.49. The number of anilines is 1. The van der Waals surface area contributed by atoms with Crippen molar-refractivity contribution in [3.8, 4) is 17.4 Å². The molecule has 0 spiro atoms. The Kier molecular flexibility index (Phi) is 5.60. The van der Waals surface area contributed by atoms with Crippen LogP contribution in [0.2, 0.25) is 0 Å². The molecule has 1 atom stereocenters. The minimum Gasteiger partial charge on any atom is -0.486 e. The average Bonchev–Trinajstić information content (AvgIpc) is 2.94. The Morgan fingerprint density at radius 1 is 1.11 bits per heavy atom. The van der Waals surface area contributed by atoms with Crippen molar-refractivity contribution in [1.29, 1.82) is 0 Å². The molecule has 1 saturated carbocycles. The van der Waals surface area contributed by atoms with Crippen molar-refractivity contribution in [2.24, 2.45) is 0 Å². The Labute approximate surface area is 208 Å². The summed E-state index contributed by atoms with van der Waals surface area (Å²) in [5.41, 5.74) is 0.308. The molecule has 0 aromatic carbocycles. The smallest absolute Gasteiger partial charge is 0.213 e. The Morgan fingerprint density at radius 3 is 2.61 bits per heavy atom. The fraction of sp³-hybridized carbons (Fsp3) is 0.500. The minimum atomic E-state index is -0.887. The maximum atomic E-state index is 14.9. The van der Waals surface area contributed by atoms with E-state index in [4.69, 9.17) is 18.9 Å². The molecule has 3 aromatic rings. The highest BCUT2D eigenvalue weighted by atomic mass is 19.1. The van der Waals surface area contributed by atoms with Crippen LogP contribution in [0.1, 0.15) is 31.2 Å². The highest BCUT2D eigenvalue weighted by Crippen LogP contribution is 2.49. The first kappa shape index (κ1) is 23.2. The van der Waals surface area contributed by atoms with Gasteiger partial charge in [-0.15, -0.1) is 0 Å². The lowest BCUT2D eigenvalue weighted by atomic mass is 9.67. The van der Waals surface area contributed by atoms with Gasteiger partial charge in [-0.1, -0.05) is 0 Å². The number of hydrogen-bond acceptors (Lipinski definition) is 9. The first-order chi connectivity index (χ1) is 17.4. The maximum absolute atomic E-state index is 14.9. The summed E-state index contributed by atoms with van der Waals surface area (Å²) in [5, 5.41) is 11.4. The molecule has 3 aromatic heterocycles. The van der Waals surface area contributed by atoms with Gasteiger partial charge in [-0.25, -0.2) is 14.4 Å². The lowest BCUT2D eigenvalue weighted by Gasteiger charge is -2.57. The van der Waals surface area contributed by atoms with Crippen LogP contribution in [-0.2, 0) is 11.2 Å². The molecule has 1 aliphatic carbocycles. The van der Waals surface area contributed by atoms with E-state index in [-0.39, 0.29) is 12.0 Å². The van der Waals surface area contributed by atoms with Gasteiger partial charge in [-0.2, -0.15) is 0 Å². The third kappa shape index (κ3) is 3.70. The fourth-order valence-corrected chi connectivity index (χ4v) is 5.70. The number of ether oxygens (including phenoxy) is 4. The van der Waals surface area contributed by atoms with Crippen LogP contribution in [0, 0.1) is 5.82 Å². The monoisotopic (exact) mass is 496 g/mol. The van der Waals surface area contributed by atoms with Gasteiger partial charge >= 0.3 is 0 Å². The van der Waals surface area contributed by atoms with Crippen LogP contribution in [0.15, 0.2) is 30.6 Å². The predicted octanol–water partition coefficient (Wildman–Crippen LogP) is 3.07. The first-order valence-corrected chi connectivity index (χ1v) is 12.2. The number of hydrogen-bond donors (Lipinski definition) is 1. The molecule has 9 nitrogen and oxygen atoms in total. The third-order valence-corrected chi connectivity index (χ3v) is 8.08. The van der Waals surface area contributed by atoms with Crippen LogP contribution in [0.25, 0.3) is 11.0 Å². The van der Waals surface area contributed by atoms with Gasteiger partial charge < -0.3 is 29.0 Å². The van der Waals surface area contributed by atoms with E-state index in [9.17, 15) is 9.50 Å². The largest absolute Gasteiger partial charge is 0.486 e. The van der Waals surface area contributed by atoms with E-state index in [0.717, 1.165) is 18.7 Å². The van der Waals surface area contributed by atoms with Gasteiger partial charge in [0.25, 0.3) is 0 Å². The molecule has 36 heavy (non-hydrogen) atoms. The van der Waals surface area contributed by atoms with Crippen molar-refractivity contribution in [3.05, 3.63) is 42.0 Å². The third-order valence-electron chi connectivity index (χ3n) is 8.08. The van der Waals surface area contributed by atoms with Crippen LogP contribution in [0.5, 0.6) is 17.4 Å². The Bertz CT molecular complexity index is 1280. The Balaban J connectivity index is 1.21. The van der Waals surface area contributed by atoms with Crippen LogP contribution >= 0.6 is 0 Å². The summed E-state index contributed by atoms with van der Waals surface area (Å²) in [4.78, 5) is 15.3. The van der Waals surface area contributed by atoms with Crippen molar-refractivity contribution >= 4 is 16.9 Å². The molecule has 2 bridgehead atoms. The predicted molar refractivity (Wildman–Crippen MR) is 129 cm³/mol. The maximum Gasteiger partial charge on any atom is 0.213 e. The lowest BCUT2D eigenvalue weighted by molar-refractivity contribution is -0.202. The number of fused-ring (bicyclic) bond motifs is 5. The zero-order valence-electron chi connectivity index (χ0n) is 20.4. The molecule has 7 rings (SSSR count). The zero-order chi connectivity index (χ0) is 24.9. The van der Waals surface area contributed by atoms with Gasteiger partial charge in [0, 0.05) is 31.2 Å². The van der Waals surface area contributed by atoms with Gasteiger partial charge in [0.05, 0.1) is 54.4 Å².